The van der Waals surface area contributed by atoms with Crippen LogP contribution < -0.4 is 0 Å². The summed E-state index contributed by atoms with van der Waals surface area (Å²) < 4.78 is 26.7. The first-order valence-corrected chi connectivity index (χ1v) is 11.4. The molecule has 2 aromatic rings. The molecule has 30 heavy (non-hydrogen) atoms. The van der Waals surface area contributed by atoms with Crippen LogP contribution in [-0.4, -0.2) is 58.9 Å². The van der Waals surface area contributed by atoms with Crippen LogP contribution >= 0.6 is 11.6 Å². The topological polar surface area (TPSA) is 92.6 Å². The zero-order chi connectivity index (χ0) is 22.1. The number of hydrogen-bond acceptors (Lipinski definition) is 5. The van der Waals surface area contributed by atoms with E-state index in [0.29, 0.717) is 29.4 Å². The van der Waals surface area contributed by atoms with E-state index in [0.717, 1.165) is 5.56 Å². The molecule has 1 saturated heterocycles. The van der Waals surface area contributed by atoms with E-state index in [4.69, 9.17) is 11.6 Å². The Hall–Kier alpha value is -2.65. The van der Waals surface area contributed by atoms with Gasteiger partial charge in [0.1, 0.15) is 10.9 Å². The first-order valence-electron chi connectivity index (χ1n) is 9.38. The van der Waals surface area contributed by atoms with Crippen molar-refractivity contribution < 1.29 is 18.0 Å². The van der Waals surface area contributed by atoms with Crippen LogP contribution in [0.5, 0.6) is 0 Å². The lowest BCUT2D eigenvalue weighted by Gasteiger charge is -2.26. The van der Waals surface area contributed by atoms with Crippen molar-refractivity contribution in [3.63, 3.8) is 0 Å². The van der Waals surface area contributed by atoms with Gasteiger partial charge in [0, 0.05) is 31.8 Å². The summed E-state index contributed by atoms with van der Waals surface area (Å²) >= 11 is 6.17. The minimum Gasteiger partial charge on any atom is -0.272 e. The summed E-state index contributed by atoms with van der Waals surface area (Å²) in [7, 11) is -2.10. The quantitative estimate of drug-likeness (QED) is 0.651. The zero-order valence-electron chi connectivity index (χ0n) is 17.0. The summed E-state index contributed by atoms with van der Waals surface area (Å²) in [6.45, 7) is 4.24. The fraction of sp³-hybridized carbons (Fsp3) is 0.350. The van der Waals surface area contributed by atoms with Crippen LogP contribution in [0.1, 0.15) is 23.2 Å². The van der Waals surface area contributed by atoms with Gasteiger partial charge in [-0.15, -0.1) is 0 Å². The number of halogens is 1. The molecule has 0 unspecified atom stereocenters. The number of aryl methyl sites for hydroxylation is 3. The largest absolute Gasteiger partial charge is 0.272 e. The number of carbonyl (C=O) groups excluding carboxylic acids is 2. The highest BCUT2D eigenvalue weighted by atomic mass is 35.5. The van der Waals surface area contributed by atoms with Gasteiger partial charge < -0.3 is 0 Å². The van der Waals surface area contributed by atoms with E-state index in [-0.39, 0.29) is 11.4 Å². The Kier molecular flexibility index (Phi) is 6.33. The number of sulfone groups is 1. The van der Waals surface area contributed by atoms with Gasteiger partial charge in [-0.2, -0.15) is 5.10 Å². The lowest BCUT2D eigenvalue weighted by Crippen LogP contribution is -2.46. The Morgan fingerprint density at radius 2 is 1.77 bits per heavy atom. The Morgan fingerprint density at radius 3 is 2.37 bits per heavy atom. The van der Waals surface area contributed by atoms with Gasteiger partial charge in [-0.25, -0.2) is 13.4 Å². The summed E-state index contributed by atoms with van der Waals surface area (Å²) in [5.41, 5.74) is 2.21. The van der Waals surface area contributed by atoms with Gasteiger partial charge in [0.15, 0.2) is 9.84 Å². The maximum Gasteiger partial charge on any atom is 0.265 e. The number of nitrogens with zero attached hydrogens (tertiary/aromatic N) is 4. The molecule has 1 fully saturated rings. The highest BCUT2D eigenvalue weighted by molar-refractivity contribution is 7.92. The lowest BCUT2D eigenvalue weighted by molar-refractivity contribution is -0.152. The maximum absolute atomic E-state index is 12.7. The van der Waals surface area contributed by atoms with Crippen molar-refractivity contribution >= 4 is 39.3 Å². The molecule has 0 radical (unpaired) electrons. The summed E-state index contributed by atoms with van der Waals surface area (Å²) in [5.74, 6) is -1.75. The molecule has 2 amide bonds. The summed E-state index contributed by atoms with van der Waals surface area (Å²) in [6.07, 6.45) is 3.44. The smallest absolute Gasteiger partial charge is 0.265 e. The molecule has 0 N–H and O–H groups in total. The van der Waals surface area contributed by atoms with E-state index in [2.05, 4.69) is 5.10 Å². The summed E-state index contributed by atoms with van der Waals surface area (Å²) in [6, 6.07) is 6.32. The SMILES string of the molecule is Cc1ccc(S(=O)(=O)CC(=O)N2CCCN2C(=O)/C=C/c2c(C)nn(C)c2Cl)cc1. The first kappa shape index (κ1) is 22.0. The molecule has 3 rings (SSSR count). The van der Waals surface area contributed by atoms with Crippen LogP contribution in [0.25, 0.3) is 6.08 Å². The Bertz CT molecular complexity index is 1110. The van der Waals surface area contributed by atoms with Crippen LogP contribution in [0.4, 0.5) is 0 Å². The maximum atomic E-state index is 12.7. The third-order valence-corrected chi connectivity index (χ3v) is 6.92. The van der Waals surface area contributed by atoms with Crippen molar-refractivity contribution in [2.75, 3.05) is 18.8 Å². The molecule has 8 nitrogen and oxygen atoms in total. The molecule has 0 spiro atoms. The number of rotatable bonds is 5. The van der Waals surface area contributed by atoms with E-state index in [1.54, 1.807) is 32.2 Å². The van der Waals surface area contributed by atoms with Gasteiger partial charge in [-0.3, -0.25) is 19.3 Å². The summed E-state index contributed by atoms with van der Waals surface area (Å²) in [4.78, 5) is 25.4. The number of hydrazine groups is 1. The predicted octanol–water partition coefficient (Wildman–Crippen LogP) is 2.15. The molecule has 0 aliphatic carbocycles. The van der Waals surface area contributed by atoms with E-state index in [1.165, 1.54) is 32.9 Å². The van der Waals surface area contributed by atoms with Gasteiger partial charge in [0.2, 0.25) is 0 Å². The molecular weight excluding hydrogens is 428 g/mol. The number of aromatic nitrogens is 2. The van der Waals surface area contributed by atoms with Crippen LogP contribution in [0.2, 0.25) is 5.15 Å². The molecule has 2 heterocycles. The minimum atomic E-state index is -3.80. The van der Waals surface area contributed by atoms with Crippen molar-refractivity contribution in [1.29, 1.82) is 0 Å². The second-order valence-electron chi connectivity index (χ2n) is 7.15. The predicted molar refractivity (Wildman–Crippen MR) is 113 cm³/mol. The van der Waals surface area contributed by atoms with Crippen molar-refractivity contribution in [3.05, 3.63) is 52.3 Å². The molecule has 1 aromatic carbocycles. The average Bonchev–Trinajstić information content (AvgIpc) is 3.26. The van der Waals surface area contributed by atoms with Gasteiger partial charge in [0.05, 0.1) is 10.6 Å². The van der Waals surface area contributed by atoms with E-state index in [9.17, 15) is 18.0 Å². The molecule has 1 aliphatic rings. The van der Waals surface area contributed by atoms with E-state index >= 15 is 0 Å². The van der Waals surface area contributed by atoms with Crippen molar-refractivity contribution in [1.82, 2.24) is 19.8 Å². The second-order valence-corrected chi connectivity index (χ2v) is 9.50. The van der Waals surface area contributed by atoms with Crippen molar-refractivity contribution in [2.24, 2.45) is 7.05 Å². The number of benzene rings is 1. The average molecular weight is 451 g/mol. The van der Waals surface area contributed by atoms with Crippen LogP contribution in [0.15, 0.2) is 35.2 Å². The van der Waals surface area contributed by atoms with Crippen LogP contribution in [0.3, 0.4) is 0 Å². The highest BCUT2D eigenvalue weighted by Crippen LogP contribution is 2.21. The number of hydrogen-bond donors (Lipinski definition) is 0. The molecular formula is C20H23ClN4O4S. The zero-order valence-corrected chi connectivity index (χ0v) is 18.6. The fourth-order valence-corrected chi connectivity index (χ4v) is 4.67. The van der Waals surface area contributed by atoms with Crippen molar-refractivity contribution in [2.45, 2.75) is 25.2 Å². The Labute approximate surface area is 180 Å². The third kappa shape index (κ3) is 4.57. The van der Waals surface area contributed by atoms with Crippen LogP contribution in [0, 0.1) is 13.8 Å². The summed E-state index contributed by atoms with van der Waals surface area (Å²) in [5, 5.41) is 7.05. The number of carbonyl (C=O) groups is 2. The fourth-order valence-electron chi connectivity index (χ4n) is 3.24. The first-order chi connectivity index (χ1) is 14.1. The van der Waals surface area contributed by atoms with Gasteiger partial charge in [-0.1, -0.05) is 29.3 Å². The molecule has 1 aromatic heterocycles. The molecule has 160 valence electrons. The van der Waals surface area contributed by atoms with Crippen LogP contribution in [-0.2, 0) is 26.5 Å². The van der Waals surface area contributed by atoms with Gasteiger partial charge in [-0.05, 0) is 38.5 Å². The molecule has 1 aliphatic heterocycles. The van der Waals surface area contributed by atoms with Crippen molar-refractivity contribution in [3.8, 4) is 0 Å². The molecule has 0 atom stereocenters. The highest BCUT2D eigenvalue weighted by Gasteiger charge is 2.32. The third-order valence-electron chi connectivity index (χ3n) is 4.86. The molecule has 0 bridgehead atoms. The normalized spacial score (nSPS) is 14.7. The minimum absolute atomic E-state index is 0.0834. The number of amides is 2. The lowest BCUT2D eigenvalue weighted by atomic mass is 10.2. The second kappa shape index (κ2) is 8.61. The van der Waals surface area contributed by atoms with Gasteiger partial charge >= 0.3 is 0 Å². The molecule has 10 heteroatoms. The van der Waals surface area contributed by atoms with Gasteiger partial charge in [0.25, 0.3) is 11.8 Å². The monoisotopic (exact) mass is 450 g/mol. The Balaban J connectivity index is 1.73. The standard InChI is InChI=1S/C20H23ClN4O4S/c1-14-5-7-16(8-6-14)30(28,29)13-19(27)25-12-4-11-24(25)18(26)10-9-17-15(2)22-23(3)20(17)21/h5-10H,4,11-13H2,1-3H3/b10-9+. The molecule has 0 saturated carbocycles. The van der Waals surface area contributed by atoms with E-state index < -0.39 is 27.4 Å². The van der Waals surface area contributed by atoms with E-state index in [1.807, 2.05) is 6.92 Å². The Morgan fingerprint density at radius 1 is 1.13 bits per heavy atom.